The number of ether oxygens (including phenoxy) is 3. The molecule has 13 atom stereocenters. The topological polar surface area (TPSA) is 176 Å². The molecule has 5 N–H and O–H groups in total. The van der Waals surface area contributed by atoms with Gasteiger partial charge in [0.2, 0.25) is 0 Å². The molecule has 1 saturated heterocycles. The lowest BCUT2D eigenvalue weighted by molar-refractivity contribution is -0.309. The van der Waals surface area contributed by atoms with Crippen molar-refractivity contribution in [1.29, 1.82) is 0 Å². The smallest absolute Gasteiger partial charge is 0.335 e. The summed E-state index contributed by atoms with van der Waals surface area (Å²) in [7, 11) is 0. The first-order chi connectivity index (χ1) is 20.3. The minimum atomic E-state index is -1.54. The fraction of sp³-hybridized carbons (Fsp3) is 0.750. The SMILES string of the molecule is CC(=O)OC1CC2C(CCC3(C)C(c4ccc(=O)oc4)CCC23O)C2(C)CCC(OC3OC(CO)C(O)C(O)C3O)C=C12. The van der Waals surface area contributed by atoms with Crippen LogP contribution in [0.2, 0.25) is 0 Å². The lowest BCUT2D eigenvalue weighted by Crippen LogP contribution is -2.63. The van der Waals surface area contributed by atoms with Crippen LogP contribution >= 0.6 is 0 Å². The van der Waals surface area contributed by atoms with Gasteiger partial charge in [-0.2, -0.15) is 0 Å². The molecule has 0 amide bonds. The van der Waals surface area contributed by atoms with Crippen molar-refractivity contribution in [2.75, 3.05) is 6.61 Å². The van der Waals surface area contributed by atoms with Gasteiger partial charge in [-0.25, -0.2) is 4.79 Å². The van der Waals surface area contributed by atoms with E-state index >= 15 is 0 Å². The second-order valence-corrected chi connectivity index (χ2v) is 13.9. The Morgan fingerprint density at radius 3 is 2.47 bits per heavy atom. The zero-order valence-corrected chi connectivity index (χ0v) is 24.9. The Hall–Kier alpha value is -2.12. The maximum Gasteiger partial charge on any atom is 0.335 e. The summed E-state index contributed by atoms with van der Waals surface area (Å²) < 4.78 is 22.8. The number of esters is 1. The molecule has 0 bridgehead atoms. The minimum Gasteiger partial charge on any atom is -0.458 e. The molecule has 1 aromatic rings. The molecular formula is C32H44O11. The molecule has 0 spiro atoms. The van der Waals surface area contributed by atoms with E-state index in [4.69, 9.17) is 18.6 Å². The molecule has 238 valence electrons. The maximum absolute atomic E-state index is 12.6. The Morgan fingerprint density at radius 1 is 1.02 bits per heavy atom. The van der Waals surface area contributed by atoms with Crippen molar-refractivity contribution in [3.8, 4) is 0 Å². The Balaban J connectivity index is 1.29. The number of fused-ring (bicyclic) bond motifs is 5. The summed E-state index contributed by atoms with van der Waals surface area (Å²) in [6.45, 7) is 5.16. The van der Waals surface area contributed by atoms with Crippen molar-refractivity contribution >= 4 is 5.97 Å². The third-order valence-corrected chi connectivity index (χ3v) is 11.8. The molecular weight excluding hydrogens is 560 g/mol. The second-order valence-electron chi connectivity index (χ2n) is 13.9. The van der Waals surface area contributed by atoms with Crippen LogP contribution in [0.4, 0.5) is 0 Å². The van der Waals surface area contributed by atoms with E-state index < -0.39 is 72.1 Å². The van der Waals surface area contributed by atoms with Gasteiger partial charge in [0.1, 0.15) is 30.5 Å². The van der Waals surface area contributed by atoms with Crippen LogP contribution in [0, 0.1) is 22.7 Å². The summed E-state index contributed by atoms with van der Waals surface area (Å²) >= 11 is 0. The van der Waals surface area contributed by atoms with E-state index in [1.54, 1.807) is 6.07 Å². The summed E-state index contributed by atoms with van der Waals surface area (Å²) in [5.41, 5.74) is -0.394. The fourth-order valence-corrected chi connectivity index (χ4v) is 9.55. The van der Waals surface area contributed by atoms with E-state index in [0.717, 1.165) is 30.4 Å². The molecule has 0 aromatic carbocycles. The highest BCUT2D eigenvalue weighted by molar-refractivity contribution is 5.66. The van der Waals surface area contributed by atoms with Crippen LogP contribution in [0.25, 0.3) is 0 Å². The third-order valence-electron chi connectivity index (χ3n) is 11.8. The Labute approximate surface area is 250 Å². The van der Waals surface area contributed by atoms with Gasteiger partial charge in [0, 0.05) is 18.4 Å². The van der Waals surface area contributed by atoms with Crippen LogP contribution in [-0.2, 0) is 19.0 Å². The fourth-order valence-electron chi connectivity index (χ4n) is 9.55. The van der Waals surface area contributed by atoms with Gasteiger partial charge in [0.05, 0.1) is 24.6 Å². The van der Waals surface area contributed by atoms with Crippen LogP contribution in [0.3, 0.4) is 0 Å². The zero-order valence-electron chi connectivity index (χ0n) is 24.9. The number of aliphatic hydroxyl groups excluding tert-OH is 4. The molecule has 2 heterocycles. The highest BCUT2D eigenvalue weighted by Crippen LogP contribution is 2.70. The minimum absolute atomic E-state index is 0.0300. The first-order valence-electron chi connectivity index (χ1n) is 15.5. The summed E-state index contributed by atoms with van der Waals surface area (Å²) in [5, 5.41) is 53.1. The molecule has 4 fully saturated rings. The summed E-state index contributed by atoms with van der Waals surface area (Å²) in [4.78, 5) is 24.0. The summed E-state index contributed by atoms with van der Waals surface area (Å²) in [6.07, 6.45) is 0.212. The number of rotatable bonds is 5. The molecule has 11 heteroatoms. The first kappa shape index (κ1) is 30.9. The second kappa shape index (κ2) is 11.0. The van der Waals surface area contributed by atoms with E-state index in [9.17, 15) is 35.1 Å². The van der Waals surface area contributed by atoms with Gasteiger partial charge in [0.25, 0.3) is 0 Å². The van der Waals surface area contributed by atoms with Crippen molar-refractivity contribution < 1.29 is 49.0 Å². The lowest BCUT2D eigenvalue weighted by Gasteiger charge is -2.63. The molecule has 1 aromatic heterocycles. The molecule has 3 saturated carbocycles. The summed E-state index contributed by atoms with van der Waals surface area (Å²) in [6, 6.07) is 3.24. The van der Waals surface area contributed by atoms with Gasteiger partial charge in [0.15, 0.2) is 6.29 Å². The van der Waals surface area contributed by atoms with E-state index in [-0.39, 0.29) is 23.2 Å². The normalized spacial score (nSPS) is 47.6. The molecule has 0 radical (unpaired) electrons. The number of hydrogen-bond acceptors (Lipinski definition) is 11. The number of carbonyl (C=O) groups excluding carboxylic acids is 1. The zero-order chi connectivity index (χ0) is 30.9. The Bertz CT molecular complexity index is 1290. The van der Waals surface area contributed by atoms with Crippen molar-refractivity contribution in [2.24, 2.45) is 22.7 Å². The standard InChI is InChI=1S/C32H44O11/c1-16(34)41-23-13-21-20(7-10-31(3)19(8-11-32(21,31)39)17-4-5-25(35)40-15-17)30(2)9-6-18(12-22(23)30)42-29-28(38)27(37)26(36)24(14-33)43-29/h4-5,12,15,18-21,23-24,26-29,33,36-39H,6-11,13-14H2,1-3H3. The van der Waals surface area contributed by atoms with Gasteiger partial charge in [-0.1, -0.05) is 19.9 Å². The van der Waals surface area contributed by atoms with E-state index in [1.807, 2.05) is 6.08 Å². The number of aliphatic hydroxyl groups is 5. The third kappa shape index (κ3) is 4.83. The highest BCUT2D eigenvalue weighted by Gasteiger charge is 2.68. The molecule has 1 aliphatic heterocycles. The summed E-state index contributed by atoms with van der Waals surface area (Å²) in [5.74, 6) is -0.383. The molecule has 13 unspecified atom stereocenters. The molecule has 11 nitrogen and oxygen atoms in total. The Kier molecular flexibility index (Phi) is 7.93. The van der Waals surface area contributed by atoms with Crippen LogP contribution in [0.1, 0.15) is 77.2 Å². The van der Waals surface area contributed by atoms with Crippen molar-refractivity contribution in [2.45, 2.75) is 120 Å². The van der Waals surface area contributed by atoms with Gasteiger partial charge < -0.3 is 44.2 Å². The predicted octanol–water partition coefficient (Wildman–Crippen LogP) is 1.53. The van der Waals surface area contributed by atoms with Gasteiger partial charge in [-0.3, -0.25) is 4.79 Å². The van der Waals surface area contributed by atoms with Gasteiger partial charge >= 0.3 is 11.6 Å². The van der Waals surface area contributed by atoms with Crippen LogP contribution < -0.4 is 5.63 Å². The highest BCUT2D eigenvalue weighted by atomic mass is 16.7. The average Bonchev–Trinajstić information content (AvgIpc) is 3.25. The van der Waals surface area contributed by atoms with E-state index in [2.05, 4.69) is 13.8 Å². The lowest BCUT2D eigenvalue weighted by atomic mass is 9.44. The van der Waals surface area contributed by atoms with E-state index in [1.165, 1.54) is 19.3 Å². The molecule has 5 aliphatic rings. The largest absolute Gasteiger partial charge is 0.458 e. The monoisotopic (exact) mass is 604 g/mol. The molecule has 43 heavy (non-hydrogen) atoms. The van der Waals surface area contributed by atoms with Crippen molar-refractivity contribution in [3.63, 3.8) is 0 Å². The van der Waals surface area contributed by atoms with Crippen LogP contribution in [0.5, 0.6) is 0 Å². The average molecular weight is 605 g/mol. The number of hydrogen-bond donors (Lipinski definition) is 5. The quantitative estimate of drug-likeness (QED) is 0.243. The van der Waals surface area contributed by atoms with Crippen LogP contribution in [-0.4, -0.2) is 86.6 Å². The molecule has 4 aliphatic carbocycles. The van der Waals surface area contributed by atoms with Crippen molar-refractivity contribution in [1.82, 2.24) is 0 Å². The van der Waals surface area contributed by atoms with E-state index in [0.29, 0.717) is 25.7 Å². The van der Waals surface area contributed by atoms with Gasteiger partial charge in [-0.15, -0.1) is 0 Å². The van der Waals surface area contributed by atoms with Crippen LogP contribution in [0.15, 0.2) is 39.3 Å². The maximum atomic E-state index is 12.6. The first-order valence-corrected chi connectivity index (χ1v) is 15.5. The van der Waals surface area contributed by atoms with Gasteiger partial charge in [-0.05, 0) is 85.3 Å². The Morgan fingerprint density at radius 2 is 1.79 bits per heavy atom. The van der Waals surface area contributed by atoms with Crippen molar-refractivity contribution in [3.05, 3.63) is 46.0 Å². The predicted molar refractivity (Wildman–Crippen MR) is 150 cm³/mol. The molecule has 6 rings (SSSR count). The number of carbonyl (C=O) groups is 1.